The van der Waals surface area contributed by atoms with Crippen LogP contribution in [0.3, 0.4) is 0 Å². The molecule has 18 heavy (non-hydrogen) atoms. The van der Waals surface area contributed by atoms with Crippen molar-refractivity contribution in [1.29, 1.82) is 0 Å². The molecule has 1 aliphatic heterocycles. The van der Waals surface area contributed by atoms with E-state index in [-0.39, 0.29) is 0 Å². The normalized spacial score (nSPS) is 19.0. The highest BCUT2D eigenvalue weighted by molar-refractivity contribution is 7.80. The molecule has 0 N–H and O–H groups in total. The smallest absolute Gasteiger partial charge is 0.0876 e. The van der Waals surface area contributed by atoms with Crippen LogP contribution in [0.4, 0.5) is 0 Å². The van der Waals surface area contributed by atoms with Crippen molar-refractivity contribution in [2.24, 2.45) is 0 Å². The molecule has 0 unspecified atom stereocenters. The average molecular weight is 273 g/mol. The van der Waals surface area contributed by atoms with Crippen molar-refractivity contribution in [3.8, 4) is 0 Å². The molecule has 0 aromatic heterocycles. The zero-order valence-electron chi connectivity index (χ0n) is 12.5. The Morgan fingerprint density at radius 3 is 2.00 bits per heavy atom. The third-order valence-electron chi connectivity index (χ3n) is 4.58. The second kappa shape index (κ2) is 10.1. The van der Waals surface area contributed by atoms with Gasteiger partial charge in [0.15, 0.2) is 0 Å². The first-order valence-corrected chi connectivity index (χ1v) is 8.92. The molecule has 0 spiro atoms. The Kier molecular flexibility index (Phi) is 9.22. The van der Waals surface area contributed by atoms with Gasteiger partial charge in [0.25, 0.3) is 0 Å². The van der Waals surface area contributed by atoms with Gasteiger partial charge in [0.05, 0.1) is 26.2 Å². The zero-order valence-corrected chi connectivity index (χ0v) is 13.4. The second-order valence-corrected chi connectivity index (χ2v) is 6.59. The third-order valence-corrected chi connectivity index (χ3v) is 4.78. The highest BCUT2D eigenvalue weighted by atomic mass is 32.1. The molecule has 0 radical (unpaired) electrons. The van der Waals surface area contributed by atoms with Crippen molar-refractivity contribution in [3.63, 3.8) is 0 Å². The fourth-order valence-corrected chi connectivity index (χ4v) is 3.78. The molecule has 0 aromatic rings. The van der Waals surface area contributed by atoms with Crippen molar-refractivity contribution >= 4 is 12.6 Å². The summed E-state index contributed by atoms with van der Waals surface area (Å²) in [5.41, 5.74) is 0. The Bertz CT molecular complexity index is 182. The molecule has 108 valence electrons. The number of unbranched alkanes of at least 4 members (excludes halogenated alkanes) is 6. The van der Waals surface area contributed by atoms with Gasteiger partial charge in [-0.15, -0.1) is 0 Å². The Morgan fingerprint density at radius 2 is 1.39 bits per heavy atom. The van der Waals surface area contributed by atoms with Crippen molar-refractivity contribution in [2.45, 2.75) is 71.1 Å². The lowest BCUT2D eigenvalue weighted by atomic mass is 10.0. The summed E-state index contributed by atoms with van der Waals surface area (Å²) in [5, 5.41) is 0. The maximum atomic E-state index is 4.47. The van der Waals surface area contributed by atoms with Crippen LogP contribution in [-0.2, 0) is 0 Å². The van der Waals surface area contributed by atoms with E-state index >= 15 is 0 Å². The number of hydrogen-bond acceptors (Lipinski definition) is 1. The lowest BCUT2D eigenvalue weighted by Crippen LogP contribution is -2.53. The van der Waals surface area contributed by atoms with Gasteiger partial charge in [-0.3, -0.25) is 0 Å². The summed E-state index contributed by atoms with van der Waals surface area (Å²) in [6.07, 6.45) is 14.4. The minimum Gasteiger partial charge on any atom is -0.323 e. The Labute approximate surface area is 120 Å². The predicted molar refractivity (Wildman–Crippen MR) is 85.4 cm³/mol. The fraction of sp³-hybridized carbons (Fsp3) is 1.00. The summed E-state index contributed by atoms with van der Waals surface area (Å²) >= 11 is 4.47. The van der Waals surface area contributed by atoms with Crippen LogP contribution in [0.5, 0.6) is 0 Å². The quantitative estimate of drug-likeness (QED) is 0.333. The largest absolute Gasteiger partial charge is 0.323 e. The number of nitrogens with zero attached hydrogens (tertiary/aromatic N) is 1. The molecule has 0 bridgehead atoms. The van der Waals surface area contributed by atoms with Crippen LogP contribution in [-0.4, -0.2) is 36.4 Å². The van der Waals surface area contributed by atoms with Gasteiger partial charge >= 0.3 is 0 Å². The number of rotatable bonds is 10. The highest BCUT2D eigenvalue weighted by Crippen LogP contribution is 2.20. The maximum absolute atomic E-state index is 4.47. The van der Waals surface area contributed by atoms with E-state index in [1.165, 1.54) is 94.9 Å². The molecule has 1 nitrogen and oxygen atoms in total. The number of piperidine rings is 1. The average Bonchev–Trinajstić information content (AvgIpc) is 2.39. The molecule has 1 fully saturated rings. The van der Waals surface area contributed by atoms with E-state index in [0.717, 1.165) is 5.75 Å². The minimum atomic E-state index is 1.07. The monoisotopic (exact) mass is 272 g/mol. The third kappa shape index (κ3) is 6.47. The molecule has 0 atom stereocenters. The van der Waals surface area contributed by atoms with E-state index in [0.29, 0.717) is 0 Å². The van der Waals surface area contributed by atoms with Crippen molar-refractivity contribution in [2.75, 3.05) is 31.9 Å². The number of likely N-dealkylation sites (tertiary alicyclic amines) is 1. The highest BCUT2D eigenvalue weighted by Gasteiger charge is 2.28. The van der Waals surface area contributed by atoms with Gasteiger partial charge in [0.1, 0.15) is 0 Å². The molecule has 1 rings (SSSR count). The molecular weight excluding hydrogens is 238 g/mol. The summed E-state index contributed by atoms with van der Waals surface area (Å²) in [5.74, 6) is 1.07. The van der Waals surface area contributed by atoms with Crippen LogP contribution >= 0.6 is 12.6 Å². The van der Waals surface area contributed by atoms with Gasteiger partial charge in [-0.2, -0.15) is 12.6 Å². The summed E-state index contributed by atoms with van der Waals surface area (Å²) in [6.45, 7) is 7.88. The molecule has 0 aliphatic carbocycles. The maximum Gasteiger partial charge on any atom is 0.0876 e. The molecule has 1 aliphatic rings. The van der Waals surface area contributed by atoms with Crippen LogP contribution in [0.15, 0.2) is 0 Å². The molecule has 0 amide bonds. The molecular formula is C16H34NS+. The van der Waals surface area contributed by atoms with Gasteiger partial charge < -0.3 is 4.48 Å². The van der Waals surface area contributed by atoms with Crippen molar-refractivity contribution in [1.82, 2.24) is 0 Å². The predicted octanol–water partition coefficient (Wildman–Crippen LogP) is 4.67. The van der Waals surface area contributed by atoms with Crippen LogP contribution < -0.4 is 0 Å². The van der Waals surface area contributed by atoms with E-state index in [1.807, 2.05) is 0 Å². The van der Waals surface area contributed by atoms with E-state index in [4.69, 9.17) is 0 Å². The van der Waals surface area contributed by atoms with Gasteiger partial charge in [0.2, 0.25) is 0 Å². The Balaban J connectivity index is 2.10. The van der Waals surface area contributed by atoms with Crippen molar-refractivity contribution < 1.29 is 4.48 Å². The first kappa shape index (κ1) is 16.4. The first-order valence-electron chi connectivity index (χ1n) is 8.29. The van der Waals surface area contributed by atoms with Crippen LogP contribution in [0, 0.1) is 0 Å². The van der Waals surface area contributed by atoms with E-state index in [2.05, 4.69) is 19.6 Å². The standard InChI is InChI=1S/C16H33NS/c1-2-3-4-5-6-7-9-12-17(15-16-18)13-10-8-11-14-17/h2-16H2,1H3/p+1. The molecule has 1 saturated heterocycles. The zero-order chi connectivity index (χ0) is 13.1. The lowest BCUT2D eigenvalue weighted by Gasteiger charge is -2.41. The Hall–Kier alpha value is 0.310. The first-order chi connectivity index (χ1) is 8.83. The topological polar surface area (TPSA) is 0 Å². The number of hydrogen-bond donors (Lipinski definition) is 1. The lowest BCUT2D eigenvalue weighted by molar-refractivity contribution is -0.930. The van der Waals surface area contributed by atoms with Gasteiger partial charge in [-0.25, -0.2) is 0 Å². The summed E-state index contributed by atoms with van der Waals surface area (Å²) in [7, 11) is 0. The van der Waals surface area contributed by atoms with E-state index < -0.39 is 0 Å². The molecule has 1 heterocycles. The number of thiol groups is 1. The summed E-state index contributed by atoms with van der Waals surface area (Å²) in [4.78, 5) is 0. The van der Waals surface area contributed by atoms with Crippen LogP contribution in [0.2, 0.25) is 0 Å². The fourth-order valence-electron chi connectivity index (χ4n) is 3.36. The summed E-state index contributed by atoms with van der Waals surface area (Å²) in [6, 6.07) is 0. The van der Waals surface area contributed by atoms with Gasteiger partial charge in [-0.1, -0.05) is 39.0 Å². The molecule has 0 saturated carbocycles. The molecule has 2 heteroatoms. The number of quaternary nitrogens is 1. The second-order valence-electron chi connectivity index (χ2n) is 6.14. The Morgan fingerprint density at radius 1 is 0.778 bits per heavy atom. The van der Waals surface area contributed by atoms with Crippen molar-refractivity contribution in [3.05, 3.63) is 0 Å². The SMILES string of the molecule is CCCCCCCCC[N+]1(CCS)CCCCC1. The van der Waals surface area contributed by atoms with E-state index in [9.17, 15) is 0 Å². The van der Waals surface area contributed by atoms with Crippen LogP contribution in [0.1, 0.15) is 71.1 Å². The van der Waals surface area contributed by atoms with Crippen LogP contribution in [0.25, 0.3) is 0 Å². The van der Waals surface area contributed by atoms with Gasteiger partial charge in [-0.05, 0) is 32.1 Å². The molecule has 0 aromatic carbocycles. The summed E-state index contributed by atoms with van der Waals surface area (Å²) < 4.78 is 1.39. The minimum absolute atomic E-state index is 1.07. The van der Waals surface area contributed by atoms with Gasteiger partial charge in [0, 0.05) is 5.75 Å². The van der Waals surface area contributed by atoms with E-state index in [1.54, 1.807) is 0 Å².